The van der Waals surface area contributed by atoms with Gasteiger partial charge in [-0.2, -0.15) is 5.10 Å². The van der Waals surface area contributed by atoms with Crippen LogP contribution in [0.25, 0.3) is 0 Å². The summed E-state index contributed by atoms with van der Waals surface area (Å²) in [5, 5.41) is 8.40. The van der Waals surface area contributed by atoms with E-state index in [1.807, 2.05) is 0 Å². The zero-order valence-electron chi connectivity index (χ0n) is 13.4. The normalized spacial score (nSPS) is 27.2. The summed E-state index contributed by atoms with van der Waals surface area (Å²) >= 11 is 3.79. The molecule has 2 unspecified atom stereocenters. The second-order valence-electron chi connectivity index (χ2n) is 6.52. The van der Waals surface area contributed by atoms with Crippen LogP contribution in [-0.2, 0) is 19.5 Å². The molecule has 0 radical (unpaired) electrons. The van der Waals surface area contributed by atoms with Crippen LogP contribution in [0.15, 0.2) is 4.47 Å². The molecule has 0 bridgehead atoms. The molecule has 5 heteroatoms. The van der Waals surface area contributed by atoms with E-state index < -0.39 is 0 Å². The number of nitrogens with zero attached hydrogens (tertiary/aromatic N) is 3. The Balaban J connectivity index is 1.81. The van der Waals surface area contributed by atoms with Crippen molar-refractivity contribution in [2.45, 2.75) is 65.2 Å². The zero-order valence-corrected chi connectivity index (χ0v) is 15.0. The molecule has 0 amide bonds. The van der Waals surface area contributed by atoms with Crippen LogP contribution >= 0.6 is 15.9 Å². The summed E-state index contributed by atoms with van der Waals surface area (Å²) in [7, 11) is 0. The second kappa shape index (κ2) is 6.39. The first-order chi connectivity index (χ1) is 10.1. The minimum Gasteiger partial charge on any atom is -0.311 e. The highest BCUT2D eigenvalue weighted by molar-refractivity contribution is 9.10. The summed E-state index contributed by atoms with van der Waals surface area (Å²) < 4.78 is 3.41. The summed E-state index contributed by atoms with van der Waals surface area (Å²) in [5.41, 5.74) is 2.55. The number of aryl methyl sites for hydroxylation is 2. The minimum absolute atomic E-state index is 0.586. The van der Waals surface area contributed by atoms with Crippen molar-refractivity contribution in [2.75, 3.05) is 13.1 Å². The summed E-state index contributed by atoms with van der Waals surface area (Å²) in [6.07, 6.45) is 3.81. The fraction of sp³-hybridized carbons (Fsp3) is 0.812. The van der Waals surface area contributed by atoms with Crippen molar-refractivity contribution in [1.29, 1.82) is 0 Å². The molecule has 2 atom stereocenters. The SMILES string of the molecule is CCc1nn(CC)c(CN2CC(C)NCC2C2CC2)c1Br. The first-order valence-electron chi connectivity index (χ1n) is 8.35. The molecule has 1 saturated heterocycles. The maximum Gasteiger partial charge on any atom is 0.0767 e. The predicted octanol–water partition coefficient (Wildman–Crippen LogP) is 2.80. The van der Waals surface area contributed by atoms with Crippen molar-refractivity contribution < 1.29 is 0 Å². The van der Waals surface area contributed by atoms with Gasteiger partial charge >= 0.3 is 0 Å². The maximum atomic E-state index is 4.74. The first-order valence-corrected chi connectivity index (χ1v) is 9.14. The Labute approximate surface area is 136 Å². The summed E-state index contributed by atoms with van der Waals surface area (Å²) in [5.74, 6) is 0.910. The standard InChI is InChI=1S/C16H27BrN4/c1-4-13-16(17)15(21(5-2)19-13)10-20-9-11(3)18-8-14(20)12-6-7-12/h11-12,14,18H,4-10H2,1-3H3. The lowest BCUT2D eigenvalue weighted by molar-refractivity contribution is 0.109. The average Bonchev–Trinajstić information content (AvgIpc) is 3.26. The van der Waals surface area contributed by atoms with Crippen molar-refractivity contribution in [2.24, 2.45) is 5.92 Å². The predicted molar refractivity (Wildman–Crippen MR) is 89.4 cm³/mol. The Bertz CT molecular complexity index is 495. The van der Waals surface area contributed by atoms with Gasteiger partial charge in [-0.15, -0.1) is 0 Å². The summed E-state index contributed by atoms with van der Waals surface area (Å²) in [4.78, 5) is 2.69. The van der Waals surface area contributed by atoms with E-state index in [2.05, 4.69) is 51.6 Å². The van der Waals surface area contributed by atoms with Crippen LogP contribution in [-0.4, -0.2) is 39.9 Å². The third-order valence-corrected chi connectivity index (χ3v) is 5.78. The molecule has 118 valence electrons. The lowest BCUT2D eigenvalue weighted by Gasteiger charge is -2.39. The topological polar surface area (TPSA) is 33.1 Å². The zero-order chi connectivity index (χ0) is 15.0. The number of nitrogens with one attached hydrogen (secondary N) is 1. The molecule has 0 aromatic carbocycles. The lowest BCUT2D eigenvalue weighted by Crippen LogP contribution is -2.56. The van der Waals surface area contributed by atoms with Crippen LogP contribution in [0, 0.1) is 5.92 Å². The molecule has 0 spiro atoms. The fourth-order valence-corrected chi connectivity index (χ4v) is 4.18. The minimum atomic E-state index is 0.586. The van der Waals surface area contributed by atoms with Gasteiger partial charge < -0.3 is 5.32 Å². The van der Waals surface area contributed by atoms with Crippen LogP contribution < -0.4 is 5.32 Å². The summed E-state index contributed by atoms with van der Waals surface area (Å²) in [6, 6.07) is 1.29. The Morgan fingerprint density at radius 2 is 2.10 bits per heavy atom. The molecule has 1 aliphatic carbocycles. The van der Waals surface area contributed by atoms with Gasteiger partial charge in [-0.05, 0) is 55.0 Å². The number of rotatable bonds is 5. The molecule has 2 fully saturated rings. The van der Waals surface area contributed by atoms with Gasteiger partial charge in [-0.25, -0.2) is 0 Å². The molecule has 1 aliphatic heterocycles. The molecule has 4 nitrogen and oxygen atoms in total. The van der Waals surface area contributed by atoms with Crippen LogP contribution in [0.1, 0.15) is 45.0 Å². The van der Waals surface area contributed by atoms with Gasteiger partial charge in [-0.3, -0.25) is 9.58 Å². The van der Waals surface area contributed by atoms with E-state index >= 15 is 0 Å². The van der Waals surface area contributed by atoms with Gasteiger partial charge in [0.1, 0.15) is 0 Å². The molecular formula is C16H27BrN4. The van der Waals surface area contributed by atoms with Crippen LogP contribution in [0.3, 0.4) is 0 Å². The average molecular weight is 355 g/mol. The highest BCUT2D eigenvalue weighted by Crippen LogP contribution is 2.37. The van der Waals surface area contributed by atoms with Crippen LogP contribution in [0.2, 0.25) is 0 Å². The lowest BCUT2D eigenvalue weighted by atomic mass is 10.1. The van der Waals surface area contributed by atoms with Crippen molar-refractivity contribution in [3.63, 3.8) is 0 Å². The Morgan fingerprint density at radius 1 is 1.33 bits per heavy atom. The third-order valence-electron chi connectivity index (χ3n) is 4.87. The molecule has 2 heterocycles. The van der Waals surface area contributed by atoms with Gasteiger partial charge in [0.15, 0.2) is 0 Å². The Morgan fingerprint density at radius 3 is 2.71 bits per heavy atom. The van der Waals surface area contributed by atoms with Gasteiger partial charge in [0, 0.05) is 38.3 Å². The van der Waals surface area contributed by atoms with Gasteiger partial charge in [0.25, 0.3) is 0 Å². The molecule has 3 rings (SSSR count). The number of aromatic nitrogens is 2. The summed E-state index contributed by atoms with van der Waals surface area (Å²) in [6.45, 7) is 10.9. The van der Waals surface area contributed by atoms with Gasteiger partial charge in [0.05, 0.1) is 15.9 Å². The van der Waals surface area contributed by atoms with E-state index in [9.17, 15) is 0 Å². The molecule has 1 aromatic rings. The van der Waals surface area contributed by atoms with Crippen LogP contribution in [0.5, 0.6) is 0 Å². The third kappa shape index (κ3) is 3.20. The highest BCUT2D eigenvalue weighted by atomic mass is 79.9. The molecular weight excluding hydrogens is 328 g/mol. The Hall–Kier alpha value is -0.390. The van der Waals surface area contributed by atoms with Crippen LogP contribution in [0.4, 0.5) is 0 Å². The first kappa shape index (κ1) is 15.5. The number of hydrogen-bond donors (Lipinski definition) is 1. The monoisotopic (exact) mass is 354 g/mol. The smallest absolute Gasteiger partial charge is 0.0767 e. The number of hydrogen-bond acceptors (Lipinski definition) is 3. The highest BCUT2D eigenvalue weighted by Gasteiger charge is 2.38. The molecule has 2 aliphatic rings. The van der Waals surface area contributed by atoms with E-state index in [4.69, 9.17) is 5.10 Å². The van der Waals surface area contributed by atoms with E-state index in [-0.39, 0.29) is 0 Å². The molecule has 1 saturated carbocycles. The van der Waals surface area contributed by atoms with E-state index in [1.54, 1.807) is 0 Å². The van der Waals surface area contributed by atoms with Crippen molar-refractivity contribution in [3.05, 3.63) is 15.9 Å². The second-order valence-corrected chi connectivity index (χ2v) is 7.31. The number of piperazine rings is 1. The number of halogens is 1. The van der Waals surface area contributed by atoms with E-state index in [0.29, 0.717) is 12.1 Å². The maximum absolute atomic E-state index is 4.74. The molecule has 1 aromatic heterocycles. The van der Waals surface area contributed by atoms with Gasteiger partial charge in [-0.1, -0.05) is 6.92 Å². The largest absolute Gasteiger partial charge is 0.311 e. The van der Waals surface area contributed by atoms with E-state index in [0.717, 1.165) is 38.5 Å². The van der Waals surface area contributed by atoms with E-state index in [1.165, 1.54) is 28.7 Å². The fourth-order valence-electron chi connectivity index (χ4n) is 3.49. The quantitative estimate of drug-likeness (QED) is 0.882. The molecule has 21 heavy (non-hydrogen) atoms. The van der Waals surface area contributed by atoms with Gasteiger partial charge in [0.2, 0.25) is 0 Å². The van der Waals surface area contributed by atoms with Crippen molar-refractivity contribution in [3.8, 4) is 0 Å². The van der Waals surface area contributed by atoms with Crippen molar-refractivity contribution >= 4 is 15.9 Å². The van der Waals surface area contributed by atoms with Crippen molar-refractivity contribution in [1.82, 2.24) is 20.0 Å². The molecule has 1 N–H and O–H groups in total. The Kier molecular flexibility index (Phi) is 4.71.